The molecule has 0 spiro atoms. The van der Waals surface area contributed by atoms with Crippen LogP contribution in [0.4, 0.5) is 10.1 Å². The number of aromatic nitrogens is 1. The third-order valence-electron chi connectivity index (χ3n) is 5.25. The van der Waals surface area contributed by atoms with E-state index in [2.05, 4.69) is 5.32 Å². The molecule has 1 aromatic heterocycles. The standard InChI is InChI=1S/C25H21FN2O5S/c1-33-25(30)19-9-2-4-11-21(19)27-24(29)15-28-14-23(20-10-3-5-12-22(20)28)34(31,32)16-17-7-6-8-18(26)13-17/h2-14H,15-16H2,1H3,(H,27,29). The average Bonchev–Trinajstić information content (AvgIpc) is 3.18. The molecule has 0 fully saturated rings. The van der Waals surface area contributed by atoms with E-state index in [0.29, 0.717) is 16.5 Å². The van der Waals surface area contributed by atoms with Crippen LogP contribution in [0.1, 0.15) is 15.9 Å². The summed E-state index contributed by atoms with van der Waals surface area (Å²) in [5, 5.41) is 3.14. The van der Waals surface area contributed by atoms with Crippen molar-refractivity contribution >= 4 is 38.3 Å². The molecule has 174 valence electrons. The Morgan fingerprint density at radius 3 is 2.50 bits per heavy atom. The molecule has 1 amide bonds. The highest BCUT2D eigenvalue weighted by Gasteiger charge is 2.23. The number of nitrogens with one attached hydrogen (secondary N) is 1. The van der Waals surface area contributed by atoms with Crippen LogP contribution in [0.2, 0.25) is 0 Å². The van der Waals surface area contributed by atoms with Crippen molar-refractivity contribution in [2.75, 3.05) is 12.4 Å². The molecular weight excluding hydrogens is 459 g/mol. The third kappa shape index (κ3) is 4.84. The van der Waals surface area contributed by atoms with Crippen LogP contribution in [0.5, 0.6) is 0 Å². The minimum absolute atomic E-state index is 0.0510. The van der Waals surface area contributed by atoms with Crippen LogP contribution < -0.4 is 5.32 Å². The molecule has 1 N–H and O–H groups in total. The first-order chi connectivity index (χ1) is 16.3. The SMILES string of the molecule is COC(=O)c1ccccc1NC(=O)Cn1cc(S(=O)(=O)Cc2cccc(F)c2)c2ccccc21. The molecule has 0 radical (unpaired) electrons. The summed E-state index contributed by atoms with van der Waals surface area (Å²) in [6.45, 7) is -0.189. The van der Waals surface area contributed by atoms with Crippen LogP contribution in [0.15, 0.2) is 83.9 Å². The second-order valence-corrected chi connectivity index (χ2v) is 9.57. The van der Waals surface area contributed by atoms with E-state index < -0.39 is 27.5 Å². The Bertz CT molecular complexity index is 1490. The van der Waals surface area contributed by atoms with Crippen molar-refractivity contribution in [2.45, 2.75) is 17.2 Å². The zero-order chi connectivity index (χ0) is 24.3. The number of para-hydroxylation sites is 2. The molecule has 0 atom stereocenters. The van der Waals surface area contributed by atoms with Gasteiger partial charge >= 0.3 is 5.97 Å². The fraction of sp³-hybridized carbons (Fsp3) is 0.120. The Morgan fingerprint density at radius 2 is 1.74 bits per heavy atom. The molecular formula is C25H21FN2O5S. The first-order valence-electron chi connectivity index (χ1n) is 10.3. The first kappa shape index (κ1) is 23.2. The normalized spacial score (nSPS) is 11.4. The minimum Gasteiger partial charge on any atom is -0.465 e. The monoisotopic (exact) mass is 480 g/mol. The smallest absolute Gasteiger partial charge is 0.339 e. The molecule has 34 heavy (non-hydrogen) atoms. The lowest BCUT2D eigenvalue weighted by atomic mass is 10.2. The number of amides is 1. The number of sulfone groups is 1. The van der Waals surface area contributed by atoms with Crippen LogP contribution in [0.25, 0.3) is 10.9 Å². The number of methoxy groups -OCH3 is 1. The van der Waals surface area contributed by atoms with E-state index >= 15 is 0 Å². The zero-order valence-corrected chi connectivity index (χ0v) is 19.0. The van der Waals surface area contributed by atoms with Crippen LogP contribution in [-0.4, -0.2) is 32.0 Å². The van der Waals surface area contributed by atoms with Crippen molar-refractivity contribution in [3.05, 3.63) is 95.9 Å². The molecule has 0 aliphatic heterocycles. The van der Waals surface area contributed by atoms with Gasteiger partial charge in [0, 0.05) is 17.1 Å². The van der Waals surface area contributed by atoms with E-state index in [-0.39, 0.29) is 28.4 Å². The highest BCUT2D eigenvalue weighted by molar-refractivity contribution is 7.90. The molecule has 0 saturated carbocycles. The molecule has 0 aliphatic carbocycles. The van der Waals surface area contributed by atoms with Gasteiger partial charge in [-0.2, -0.15) is 0 Å². The van der Waals surface area contributed by atoms with Crippen LogP contribution in [0, 0.1) is 5.82 Å². The fourth-order valence-corrected chi connectivity index (χ4v) is 5.31. The van der Waals surface area contributed by atoms with Gasteiger partial charge in [0.15, 0.2) is 9.84 Å². The van der Waals surface area contributed by atoms with Gasteiger partial charge in [-0.15, -0.1) is 0 Å². The zero-order valence-electron chi connectivity index (χ0n) is 18.2. The molecule has 1 heterocycles. The minimum atomic E-state index is -3.83. The summed E-state index contributed by atoms with van der Waals surface area (Å²) in [5.41, 5.74) is 1.37. The van der Waals surface area contributed by atoms with E-state index in [1.165, 1.54) is 42.1 Å². The van der Waals surface area contributed by atoms with Gasteiger partial charge < -0.3 is 14.6 Å². The topological polar surface area (TPSA) is 94.5 Å². The molecule has 3 aromatic carbocycles. The van der Waals surface area contributed by atoms with E-state index in [9.17, 15) is 22.4 Å². The summed E-state index contributed by atoms with van der Waals surface area (Å²) < 4.78 is 46.2. The van der Waals surface area contributed by atoms with Crippen molar-refractivity contribution in [3.8, 4) is 0 Å². The largest absolute Gasteiger partial charge is 0.465 e. The fourth-order valence-electron chi connectivity index (χ4n) is 3.74. The average molecular weight is 481 g/mol. The number of carbonyl (C=O) groups is 2. The van der Waals surface area contributed by atoms with Crippen LogP contribution in [0.3, 0.4) is 0 Å². The molecule has 0 unspecified atom stereocenters. The Hall–Kier alpha value is -3.98. The van der Waals surface area contributed by atoms with Gasteiger partial charge in [0.25, 0.3) is 0 Å². The number of hydrogen-bond acceptors (Lipinski definition) is 5. The third-order valence-corrected chi connectivity index (χ3v) is 6.96. The Kier molecular flexibility index (Phi) is 6.47. The summed E-state index contributed by atoms with van der Waals surface area (Å²) in [6, 6.07) is 18.7. The number of rotatable bonds is 7. The summed E-state index contributed by atoms with van der Waals surface area (Å²) in [6.07, 6.45) is 1.41. The van der Waals surface area contributed by atoms with E-state index in [4.69, 9.17) is 4.74 Å². The van der Waals surface area contributed by atoms with Crippen LogP contribution >= 0.6 is 0 Å². The number of nitrogens with zero attached hydrogens (tertiary/aromatic N) is 1. The van der Waals surface area contributed by atoms with Crippen molar-refractivity contribution in [3.63, 3.8) is 0 Å². The summed E-state index contributed by atoms with van der Waals surface area (Å²) >= 11 is 0. The predicted octanol–water partition coefficient (Wildman–Crippen LogP) is 4.18. The molecule has 0 aliphatic rings. The maximum Gasteiger partial charge on any atom is 0.339 e. The van der Waals surface area contributed by atoms with E-state index in [0.717, 1.165) is 0 Å². The van der Waals surface area contributed by atoms with Crippen molar-refractivity contribution in [1.82, 2.24) is 4.57 Å². The van der Waals surface area contributed by atoms with Crippen molar-refractivity contribution < 1.29 is 27.1 Å². The molecule has 9 heteroatoms. The lowest BCUT2D eigenvalue weighted by Crippen LogP contribution is -2.20. The van der Waals surface area contributed by atoms with Gasteiger partial charge in [-0.3, -0.25) is 4.79 Å². The summed E-state index contributed by atoms with van der Waals surface area (Å²) in [7, 11) is -2.58. The molecule has 4 aromatic rings. The van der Waals surface area contributed by atoms with Gasteiger partial charge in [-0.1, -0.05) is 42.5 Å². The Morgan fingerprint density at radius 1 is 1.00 bits per heavy atom. The Labute approximate surface area is 195 Å². The second kappa shape index (κ2) is 9.48. The Balaban J connectivity index is 1.64. The number of carbonyl (C=O) groups excluding carboxylic acids is 2. The van der Waals surface area contributed by atoms with Gasteiger partial charge in [-0.25, -0.2) is 17.6 Å². The molecule has 4 rings (SSSR count). The molecule has 0 bridgehead atoms. The van der Waals surface area contributed by atoms with Gasteiger partial charge in [0.2, 0.25) is 5.91 Å². The quantitative estimate of drug-likeness (QED) is 0.401. The van der Waals surface area contributed by atoms with E-state index in [1.54, 1.807) is 48.5 Å². The lowest BCUT2D eigenvalue weighted by molar-refractivity contribution is -0.116. The van der Waals surface area contributed by atoms with Gasteiger partial charge in [0.05, 0.1) is 29.0 Å². The molecule has 0 saturated heterocycles. The number of hydrogen-bond donors (Lipinski definition) is 1. The lowest BCUT2D eigenvalue weighted by Gasteiger charge is -2.10. The second-order valence-electron chi connectivity index (χ2n) is 7.61. The number of benzene rings is 3. The highest BCUT2D eigenvalue weighted by atomic mass is 32.2. The molecule has 7 nitrogen and oxygen atoms in total. The highest BCUT2D eigenvalue weighted by Crippen LogP contribution is 2.28. The number of ether oxygens (including phenoxy) is 1. The number of anilines is 1. The summed E-state index contributed by atoms with van der Waals surface area (Å²) in [4.78, 5) is 24.8. The number of esters is 1. The number of halogens is 1. The summed E-state index contributed by atoms with van der Waals surface area (Å²) in [5.74, 6) is -1.93. The van der Waals surface area contributed by atoms with Gasteiger partial charge in [0.1, 0.15) is 12.4 Å². The maximum absolute atomic E-state index is 13.6. The van der Waals surface area contributed by atoms with Crippen molar-refractivity contribution in [2.24, 2.45) is 0 Å². The predicted molar refractivity (Wildman–Crippen MR) is 126 cm³/mol. The van der Waals surface area contributed by atoms with E-state index in [1.807, 2.05) is 0 Å². The van der Waals surface area contributed by atoms with Crippen molar-refractivity contribution in [1.29, 1.82) is 0 Å². The van der Waals surface area contributed by atoms with Crippen LogP contribution in [-0.2, 0) is 31.7 Å². The maximum atomic E-state index is 13.6. The number of fused-ring (bicyclic) bond motifs is 1. The first-order valence-corrected chi connectivity index (χ1v) is 12.0. The van der Waals surface area contributed by atoms with Gasteiger partial charge in [-0.05, 0) is 35.9 Å².